The molecule has 0 aliphatic rings. The van der Waals surface area contributed by atoms with Crippen LogP contribution in [-0.2, 0) is 0 Å². The van der Waals surface area contributed by atoms with Gasteiger partial charge in [0.15, 0.2) is 0 Å². The van der Waals surface area contributed by atoms with Crippen molar-refractivity contribution in [1.29, 1.82) is 0 Å². The van der Waals surface area contributed by atoms with E-state index in [9.17, 15) is 4.79 Å². The van der Waals surface area contributed by atoms with Crippen LogP contribution in [0.3, 0.4) is 0 Å². The van der Waals surface area contributed by atoms with Crippen LogP contribution in [-0.4, -0.2) is 23.6 Å². The lowest BCUT2D eigenvalue weighted by Crippen LogP contribution is -2.23. The topological polar surface area (TPSA) is 49.0 Å². The molecule has 1 rings (SSSR count). The maximum Gasteiger partial charge on any atom is 0.252 e. The average molecular weight is 209 g/mol. The Morgan fingerprint density at radius 1 is 1.53 bits per heavy atom. The van der Waals surface area contributed by atoms with E-state index in [4.69, 9.17) is 0 Å². The second-order valence-corrected chi connectivity index (χ2v) is 4.07. The van der Waals surface area contributed by atoms with E-state index in [0.29, 0.717) is 0 Å². The zero-order valence-electron chi connectivity index (χ0n) is 9.87. The lowest BCUT2D eigenvalue weighted by molar-refractivity contribution is 0.750. The highest BCUT2D eigenvalue weighted by molar-refractivity contribution is 5.36. The van der Waals surface area contributed by atoms with Gasteiger partial charge >= 0.3 is 0 Å². The minimum Gasteiger partial charge on any atom is -0.359 e. The predicted octanol–water partition coefficient (Wildman–Crippen LogP) is 1.74. The first-order valence-corrected chi connectivity index (χ1v) is 5.37. The zero-order valence-corrected chi connectivity index (χ0v) is 9.87. The molecule has 0 atom stereocenters. The number of hydrogen-bond acceptors (Lipinski definition) is 3. The Hall–Kier alpha value is -1.32. The van der Waals surface area contributed by atoms with Gasteiger partial charge in [-0.3, -0.25) is 4.79 Å². The normalized spacial score (nSPS) is 10.7. The third kappa shape index (κ3) is 3.08. The van der Waals surface area contributed by atoms with Crippen LogP contribution in [0.4, 0.5) is 5.82 Å². The maximum atomic E-state index is 11.4. The molecule has 4 heteroatoms. The van der Waals surface area contributed by atoms with Gasteiger partial charge in [0.1, 0.15) is 11.6 Å². The second kappa shape index (κ2) is 4.96. The zero-order chi connectivity index (χ0) is 11.4. The molecule has 0 saturated carbocycles. The van der Waals surface area contributed by atoms with E-state index in [2.05, 4.69) is 16.9 Å². The highest BCUT2D eigenvalue weighted by Gasteiger charge is 2.07. The minimum atomic E-state index is -0.0772. The Morgan fingerprint density at radius 3 is 2.73 bits per heavy atom. The molecule has 0 fully saturated rings. The minimum absolute atomic E-state index is 0.0772. The van der Waals surface area contributed by atoms with Crippen molar-refractivity contribution in [3.8, 4) is 0 Å². The first kappa shape index (κ1) is 11.8. The van der Waals surface area contributed by atoms with Gasteiger partial charge in [0.2, 0.25) is 0 Å². The van der Waals surface area contributed by atoms with Crippen LogP contribution in [0.15, 0.2) is 10.9 Å². The van der Waals surface area contributed by atoms with Crippen molar-refractivity contribution >= 4 is 5.82 Å². The van der Waals surface area contributed by atoms with E-state index in [1.165, 1.54) is 0 Å². The second-order valence-electron chi connectivity index (χ2n) is 4.07. The molecule has 0 spiro atoms. The van der Waals surface area contributed by atoms with Crippen LogP contribution >= 0.6 is 0 Å². The lowest BCUT2D eigenvalue weighted by atomic mass is 10.2. The quantitative estimate of drug-likeness (QED) is 0.821. The lowest BCUT2D eigenvalue weighted by Gasteiger charge is -2.17. The summed E-state index contributed by atoms with van der Waals surface area (Å²) in [6.45, 7) is 7.05. The molecular formula is C11H19N3O. The first-order chi connectivity index (χ1) is 7.04. The van der Waals surface area contributed by atoms with Gasteiger partial charge in [0, 0.05) is 25.6 Å². The van der Waals surface area contributed by atoms with Gasteiger partial charge in [0.25, 0.3) is 5.56 Å². The van der Waals surface area contributed by atoms with E-state index in [1.807, 2.05) is 25.8 Å². The van der Waals surface area contributed by atoms with Crippen LogP contribution in [0.1, 0.15) is 38.9 Å². The molecule has 4 nitrogen and oxygen atoms in total. The van der Waals surface area contributed by atoms with Gasteiger partial charge in [-0.1, -0.05) is 20.8 Å². The fourth-order valence-electron chi connectivity index (χ4n) is 1.38. The highest BCUT2D eigenvalue weighted by atomic mass is 16.1. The Morgan fingerprint density at radius 2 is 2.20 bits per heavy atom. The molecule has 1 aromatic heterocycles. The summed E-state index contributed by atoms with van der Waals surface area (Å²) in [5, 5.41) is 0. The van der Waals surface area contributed by atoms with Crippen LogP contribution in [0.2, 0.25) is 0 Å². The summed E-state index contributed by atoms with van der Waals surface area (Å²) in [5.41, 5.74) is -0.0772. The Labute approximate surface area is 90.3 Å². The standard InChI is InChI=1S/C11H19N3O/c1-5-6-14(4)9-7-10(15)13-11(12-9)8(2)3/h7-8H,5-6H2,1-4H3,(H,12,13,15). The molecule has 0 amide bonds. The number of H-pyrrole nitrogens is 1. The number of rotatable bonds is 4. The molecule has 1 aromatic rings. The van der Waals surface area contributed by atoms with Crippen LogP contribution in [0, 0.1) is 0 Å². The maximum absolute atomic E-state index is 11.4. The largest absolute Gasteiger partial charge is 0.359 e. The van der Waals surface area contributed by atoms with Crippen molar-refractivity contribution in [3.63, 3.8) is 0 Å². The Bertz CT molecular complexity index is 370. The summed E-state index contributed by atoms with van der Waals surface area (Å²) in [6.07, 6.45) is 1.04. The molecule has 0 bridgehead atoms. The fourth-order valence-corrected chi connectivity index (χ4v) is 1.38. The van der Waals surface area contributed by atoms with E-state index >= 15 is 0 Å². The third-order valence-electron chi connectivity index (χ3n) is 2.24. The van der Waals surface area contributed by atoms with E-state index in [-0.39, 0.29) is 11.5 Å². The molecule has 0 aliphatic heterocycles. The third-order valence-corrected chi connectivity index (χ3v) is 2.24. The van der Waals surface area contributed by atoms with Crippen molar-refractivity contribution < 1.29 is 0 Å². The number of anilines is 1. The van der Waals surface area contributed by atoms with E-state index in [0.717, 1.165) is 24.6 Å². The van der Waals surface area contributed by atoms with Gasteiger partial charge in [-0.15, -0.1) is 0 Å². The summed E-state index contributed by atoms with van der Waals surface area (Å²) >= 11 is 0. The molecule has 0 radical (unpaired) electrons. The molecule has 84 valence electrons. The summed E-state index contributed by atoms with van der Waals surface area (Å²) in [4.78, 5) is 20.6. The summed E-state index contributed by atoms with van der Waals surface area (Å²) in [5.74, 6) is 1.75. The van der Waals surface area contributed by atoms with Crippen LogP contribution < -0.4 is 10.5 Å². The van der Waals surface area contributed by atoms with Gasteiger partial charge in [0.05, 0.1) is 0 Å². The first-order valence-electron chi connectivity index (χ1n) is 5.37. The molecule has 15 heavy (non-hydrogen) atoms. The van der Waals surface area contributed by atoms with Crippen molar-refractivity contribution in [2.45, 2.75) is 33.1 Å². The van der Waals surface area contributed by atoms with Crippen molar-refractivity contribution in [3.05, 3.63) is 22.2 Å². The molecule has 0 saturated heterocycles. The van der Waals surface area contributed by atoms with Gasteiger partial charge in [-0.25, -0.2) is 4.98 Å². The Kier molecular flexibility index (Phi) is 3.88. The summed E-state index contributed by atoms with van der Waals surface area (Å²) in [6, 6.07) is 1.54. The molecule has 0 aliphatic carbocycles. The number of nitrogens with one attached hydrogen (secondary N) is 1. The summed E-state index contributed by atoms with van der Waals surface area (Å²) < 4.78 is 0. The van der Waals surface area contributed by atoms with Gasteiger partial charge < -0.3 is 9.88 Å². The van der Waals surface area contributed by atoms with Crippen molar-refractivity contribution in [2.24, 2.45) is 0 Å². The van der Waals surface area contributed by atoms with Crippen molar-refractivity contribution in [1.82, 2.24) is 9.97 Å². The predicted molar refractivity (Wildman–Crippen MR) is 62.5 cm³/mol. The van der Waals surface area contributed by atoms with Crippen LogP contribution in [0.5, 0.6) is 0 Å². The Balaban J connectivity index is 3.03. The van der Waals surface area contributed by atoms with Gasteiger partial charge in [-0.2, -0.15) is 0 Å². The monoisotopic (exact) mass is 209 g/mol. The molecular weight excluding hydrogens is 190 g/mol. The smallest absolute Gasteiger partial charge is 0.252 e. The molecule has 0 aromatic carbocycles. The van der Waals surface area contributed by atoms with Crippen molar-refractivity contribution in [2.75, 3.05) is 18.5 Å². The van der Waals surface area contributed by atoms with E-state index in [1.54, 1.807) is 6.07 Å². The number of nitrogens with zero attached hydrogens (tertiary/aromatic N) is 2. The molecule has 1 heterocycles. The highest BCUT2D eigenvalue weighted by Crippen LogP contribution is 2.11. The van der Waals surface area contributed by atoms with E-state index < -0.39 is 0 Å². The molecule has 0 unspecified atom stereocenters. The fraction of sp³-hybridized carbons (Fsp3) is 0.636. The number of hydrogen-bond donors (Lipinski definition) is 1. The van der Waals surface area contributed by atoms with Gasteiger partial charge in [-0.05, 0) is 6.42 Å². The number of aromatic amines is 1. The average Bonchev–Trinajstić information content (AvgIpc) is 2.17. The summed E-state index contributed by atoms with van der Waals surface area (Å²) in [7, 11) is 1.95. The van der Waals surface area contributed by atoms with Crippen LogP contribution in [0.25, 0.3) is 0 Å². The number of aromatic nitrogens is 2. The SMILES string of the molecule is CCCN(C)c1cc(=O)[nH]c(C(C)C)n1. The molecule has 1 N–H and O–H groups in total.